The summed E-state index contributed by atoms with van der Waals surface area (Å²) in [6, 6.07) is 2.41. The SMILES string of the molecule is C#CN(C)CC(=O)C1=C/C(=C)CC(=C)/C=C\C(=C)/C=C\1. The van der Waals surface area contributed by atoms with Crippen molar-refractivity contribution in [1.29, 1.82) is 0 Å². The molecular weight excluding hydrogens is 246 g/mol. The van der Waals surface area contributed by atoms with Gasteiger partial charge in [0.25, 0.3) is 0 Å². The number of carbonyl (C=O) groups is 1. The van der Waals surface area contributed by atoms with Crippen LogP contribution in [0, 0.1) is 12.5 Å². The highest BCUT2D eigenvalue weighted by atomic mass is 16.1. The smallest absolute Gasteiger partial charge is 0.182 e. The molecule has 0 atom stereocenters. The molecule has 1 rings (SSSR count). The first-order valence-corrected chi connectivity index (χ1v) is 6.25. The van der Waals surface area contributed by atoms with E-state index in [1.54, 1.807) is 25.3 Å². The van der Waals surface area contributed by atoms with Gasteiger partial charge in [0.05, 0.1) is 6.54 Å². The van der Waals surface area contributed by atoms with E-state index in [4.69, 9.17) is 6.42 Å². The van der Waals surface area contributed by atoms with Gasteiger partial charge in [0.15, 0.2) is 5.78 Å². The third-order valence-electron chi connectivity index (χ3n) is 2.75. The van der Waals surface area contributed by atoms with E-state index < -0.39 is 0 Å². The summed E-state index contributed by atoms with van der Waals surface area (Å²) in [5.74, 6) is -0.0502. The fourth-order valence-corrected chi connectivity index (χ4v) is 1.67. The Hall–Kier alpha value is -2.53. The molecule has 102 valence electrons. The van der Waals surface area contributed by atoms with Gasteiger partial charge >= 0.3 is 0 Å². The number of hydrogen-bond acceptors (Lipinski definition) is 2. The van der Waals surface area contributed by atoms with Gasteiger partial charge in [-0.05, 0) is 18.1 Å². The second kappa shape index (κ2) is 7.16. The summed E-state index contributed by atoms with van der Waals surface area (Å²) in [7, 11) is 1.70. The molecule has 0 aromatic carbocycles. The summed E-state index contributed by atoms with van der Waals surface area (Å²) in [5, 5.41) is 0. The second-order valence-electron chi connectivity index (χ2n) is 4.74. The van der Waals surface area contributed by atoms with Crippen molar-refractivity contribution in [1.82, 2.24) is 4.90 Å². The zero-order chi connectivity index (χ0) is 15.1. The Labute approximate surface area is 121 Å². The lowest BCUT2D eigenvalue weighted by Crippen LogP contribution is -2.22. The average molecular weight is 265 g/mol. The van der Waals surface area contributed by atoms with Crippen molar-refractivity contribution in [3.8, 4) is 12.5 Å². The molecule has 0 spiro atoms. The number of ketones is 1. The van der Waals surface area contributed by atoms with Crippen LogP contribution in [-0.4, -0.2) is 24.3 Å². The van der Waals surface area contributed by atoms with Crippen LogP contribution in [0.2, 0.25) is 0 Å². The predicted octanol–water partition coefficient (Wildman–Crippen LogP) is 3.19. The number of rotatable bonds is 3. The minimum Gasteiger partial charge on any atom is -0.328 e. The van der Waals surface area contributed by atoms with E-state index in [1.165, 1.54) is 4.90 Å². The minimum absolute atomic E-state index is 0.0502. The number of allylic oxidation sites excluding steroid dienone is 8. The molecule has 1 aliphatic rings. The summed E-state index contributed by atoms with van der Waals surface area (Å²) < 4.78 is 0. The minimum atomic E-state index is -0.0502. The number of carbonyl (C=O) groups excluding carboxylic acids is 1. The van der Waals surface area contributed by atoms with Gasteiger partial charge in [-0.3, -0.25) is 4.79 Å². The molecule has 20 heavy (non-hydrogen) atoms. The van der Waals surface area contributed by atoms with Crippen LogP contribution >= 0.6 is 0 Å². The normalized spacial score (nSPS) is 21.4. The Bertz CT molecular complexity index is 579. The summed E-state index contributed by atoms with van der Waals surface area (Å²) in [4.78, 5) is 13.7. The van der Waals surface area contributed by atoms with Crippen molar-refractivity contribution in [2.75, 3.05) is 13.6 Å². The zero-order valence-electron chi connectivity index (χ0n) is 11.9. The quantitative estimate of drug-likeness (QED) is 0.577. The standard InChI is InChI=1S/C18H19NO/c1-6-19(5)13-18(20)17-10-9-14(2)7-8-15(3)11-16(4)12-17/h1,7-10,12H,2-4,11,13H2,5H3/b8-7-,10-9-,17-12+. The lowest BCUT2D eigenvalue weighted by Gasteiger charge is -2.11. The van der Waals surface area contributed by atoms with Crippen LogP contribution in [-0.2, 0) is 4.79 Å². The third-order valence-corrected chi connectivity index (χ3v) is 2.75. The number of nitrogens with zero attached hydrogens (tertiary/aromatic N) is 1. The number of hydrogen-bond donors (Lipinski definition) is 0. The molecule has 2 nitrogen and oxygen atoms in total. The molecule has 0 radical (unpaired) electrons. The molecule has 0 amide bonds. The average Bonchev–Trinajstić information content (AvgIpc) is 2.40. The van der Waals surface area contributed by atoms with E-state index in [0.29, 0.717) is 12.0 Å². The number of terminal acetylenes is 1. The number of Topliss-reactive ketones (excluding diaryl/α,β-unsaturated/α-hetero) is 1. The predicted molar refractivity (Wildman–Crippen MR) is 84.9 cm³/mol. The Morgan fingerprint density at radius 3 is 2.55 bits per heavy atom. The fourth-order valence-electron chi connectivity index (χ4n) is 1.67. The van der Waals surface area contributed by atoms with Gasteiger partial charge in [-0.1, -0.05) is 61.6 Å². The summed E-state index contributed by atoms with van der Waals surface area (Å²) in [5.41, 5.74) is 3.14. The van der Waals surface area contributed by atoms with Crippen LogP contribution in [0.5, 0.6) is 0 Å². The van der Waals surface area contributed by atoms with Crippen molar-refractivity contribution in [2.45, 2.75) is 6.42 Å². The van der Waals surface area contributed by atoms with Crippen LogP contribution in [0.25, 0.3) is 0 Å². The van der Waals surface area contributed by atoms with Gasteiger partial charge < -0.3 is 4.90 Å². The highest BCUT2D eigenvalue weighted by Gasteiger charge is 2.10. The molecule has 0 fully saturated rings. The van der Waals surface area contributed by atoms with Crippen molar-refractivity contribution in [2.24, 2.45) is 0 Å². The molecule has 0 N–H and O–H groups in total. The van der Waals surface area contributed by atoms with E-state index in [1.807, 2.05) is 12.2 Å². The first-order chi connectivity index (χ1) is 9.42. The van der Waals surface area contributed by atoms with Crippen molar-refractivity contribution in [3.63, 3.8) is 0 Å². The molecule has 0 aromatic heterocycles. The van der Waals surface area contributed by atoms with Gasteiger partial charge in [0.2, 0.25) is 0 Å². The van der Waals surface area contributed by atoms with E-state index in [9.17, 15) is 4.79 Å². The van der Waals surface area contributed by atoms with Crippen LogP contribution in [0.1, 0.15) is 6.42 Å². The van der Waals surface area contributed by atoms with E-state index in [-0.39, 0.29) is 12.3 Å². The topological polar surface area (TPSA) is 20.3 Å². The molecule has 2 heteroatoms. The molecule has 0 saturated heterocycles. The highest BCUT2D eigenvalue weighted by molar-refractivity contribution is 6.00. The molecular formula is C18H19NO. The summed E-state index contributed by atoms with van der Waals surface area (Å²) >= 11 is 0. The summed E-state index contributed by atoms with van der Waals surface area (Å²) in [6.07, 6.45) is 15.0. The maximum Gasteiger partial charge on any atom is 0.182 e. The molecule has 0 aromatic rings. The van der Waals surface area contributed by atoms with E-state index >= 15 is 0 Å². The van der Waals surface area contributed by atoms with E-state index in [0.717, 1.165) is 16.7 Å². The van der Waals surface area contributed by atoms with Crippen LogP contribution in [0.4, 0.5) is 0 Å². The zero-order valence-corrected chi connectivity index (χ0v) is 11.9. The largest absolute Gasteiger partial charge is 0.328 e. The van der Waals surface area contributed by atoms with Gasteiger partial charge in [-0.15, -0.1) is 0 Å². The van der Waals surface area contributed by atoms with Gasteiger partial charge in [0, 0.05) is 18.7 Å². The second-order valence-corrected chi connectivity index (χ2v) is 4.74. The van der Waals surface area contributed by atoms with Crippen molar-refractivity contribution in [3.05, 3.63) is 72.4 Å². The Kier molecular flexibility index (Phi) is 5.56. The fraction of sp³-hybridized carbons (Fsp3) is 0.167. The van der Waals surface area contributed by atoms with Gasteiger partial charge in [-0.25, -0.2) is 0 Å². The molecule has 0 bridgehead atoms. The number of likely N-dealkylation sites (N-methyl/N-ethyl adjacent to an activating group) is 1. The lowest BCUT2D eigenvalue weighted by molar-refractivity contribution is -0.115. The lowest BCUT2D eigenvalue weighted by atomic mass is 9.99. The molecule has 0 unspecified atom stereocenters. The monoisotopic (exact) mass is 265 g/mol. The van der Waals surface area contributed by atoms with Crippen molar-refractivity contribution >= 4 is 5.78 Å². The van der Waals surface area contributed by atoms with Crippen LogP contribution in [0.3, 0.4) is 0 Å². The Morgan fingerprint density at radius 2 is 1.90 bits per heavy atom. The molecule has 0 saturated carbocycles. The Balaban J connectivity index is 3.05. The highest BCUT2D eigenvalue weighted by Crippen LogP contribution is 2.16. The van der Waals surface area contributed by atoms with E-state index in [2.05, 4.69) is 25.8 Å². The van der Waals surface area contributed by atoms with Crippen LogP contribution in [0.15, 0.2) is 72.4 Å². The maximum absolute atomic E-state index is 12.2. The first kappa shape index (κ1) is 15.5. The third kappa shape index (κ3) is 4.99. The first-order valence-electron chi connectivity index (χ1n) is 6.25. The summed E-state index contributed by atoms with van der Waals surface area (Å²) in [6.45, 7) is 12.0. The molecule has 1 aliphatic carbocycles. The van der Waals surface area contributed by atoms with Gasteiger partial charge in [-0.2, -0.15) is 0 Å². The molecule has 0 aliphatic heterocycles. The van der Waals surface area contributed by atoms with Crippen molar-refractivity contribution < 1.29 is 4.79 Å². The molecule has 0 heterocycles. The Morgan fingerprint density at radius 1 is 1.25 bits per heavy atom. The maximum atomic E-state index is 12.2. The van der Waals surface area contributed by atoms with Gasteiger partial charge in [0.1, 0.15) is 0 Å². The van der Waals surface area contributed by atoms with Crippen LogP contribution < -0.4 is 0 Å².